The van der Waals surface area contributed by atoms with Crippen molar-refractivity contribution < 1.29 is 0 Å². The van der Waals surface area contributed by atoms with Crippen LogP contribution in [0.2, 0.25) is 0 Å². The van der Waals surface area contributed by atoms with E-state index in [1.54, 1.807) is 33.1 Å². The topological polar surface area (TPSA) is 0 Å². The Bertz CT molecular complexity index is 1320. The predicted octanol–water partition coefficient (Wildman–Crippen LogP) is 13.3. The van der Waals surface area contributed by atoms with E-state index in [1.165, 1.54) is 17.5 Å². The van der Waals surface area contributed by atoms with E-state index in [-0.39, 0.29) is 40.0 Å². The Labute approximate surface area is 277 Å². The molecule has 0 aromatic heterocycles. The van der Waals surface area contributed by atoms with E-state index in [2.05, 4.69) is 168 Å². The molecule has 2 aromatic carbocycles. The fourth-order valence-corrected chi connectivity index (χ4v) is 15.3. The van der Waals surface area contributed by atoms with Crippen molar-refractivity contribution in [2.75, 3.05) is 0 Å². The third-order valence-corrected chi connectivity index (χ3v) is 17.3. The molecule has 0 bridgehead atoms. The summed E-state index contributed by atoms with van der Waals surface area (Å²) in [5.41, 5.74) is 15.2. The van der Waals surface area contributed by atoms with Gasteiger partial charge in [0, 0.05) is 13.5 Å². The number of benzene rings is 2. The lowest BCUT2D eigenvalue weighted by Gasteiger charge is -2.42. The van der Waals surface area contributed by atoms with Crippen molar-refractivity contribution in [1.29, 1.82) is 0 Å². The van der Waals surface area contributed by atoms with Gasteiger partial charge in [-0.05, 0) is 84.5 Å². The molecule has 0 spiro atoms. The molecular weight excluding hydrogens is 566 g/mol. The summed E-state index contributed by atoms with van der Waals surface area (Å²) < 4.78 is 0. The first kappa shape index (κ1) is 37.5. The second-order valence-electron chi connectivity index (χ2n) is 20.0. The summed E-state index contributed by atoms with van der Waals surface area (Å²) in [4.78, 5) is 0. The first-order chi connectivity index (χ1) is 19.5. The van der Waals surface area contributed by atoms with Gasteiger partial charge in [0.2, 0.25) is 0 Å². The SMILES string of the molecule is CCC(C)[P+]1=CP(c2c(C(C)(C)C)cc(C(C)(C)C)cc2C(C)(C)C)C1c1c(C(C)(C)C)cc(C(C)(C)C)cc1C(C)(C)C. The van der Waals surface area contributed by atoms with Crippen LogP contribution >= 0.6 is 15.5 Å². The zero-order valence-corrected chi connectivity index (χ0v) is 34.4. The third-order valence-electron chi connectivity index (χ3n) is 9.67. The van der Waals surface area contributed by atoms with Gasteiger partial charge in [0.1, 0.15) is 18.7 Å². The van der Waals surface area contributed by atoms with Crippen molar-refractivity contribution in [3.05, 3.63) is 63.2 Å². The minimum absolute atomic E-state index is 0.0689. The Morgan fingerprint density at radius 2 is 0.864 bits per heavy atom. The molecule has 0 radical (unpaired) electrons. The zero-order chi connectivity index (χ0) is 34.2. The monoisotopic (exact) mass is 635 g/mol. The molecule has 4 unspecified atom stereocenters. The lowest BCUT2D eigenvalue weighted by molar-refractivity contribution is 0.540. The molecule has 0 N–H and O–H groups in total. The minimum Gasteiger partial charge on any atom is -0.0612 e. The Morgan fingerprint density at radius 1 is 0.545 bits per heavy atom. The second kappa shape index (κ2) is 11.9. The molecular formula is C42H69P2+. The molecule has 0 nitrogen and oxygen atoms in total. The first-order valence-corrected chi connectivity index (χ1v) is 20.3. The Morgan fingerprint density at radius 3 is 1.14 bits per heavy atom. The van der Waals surface area contributed by atoms with Gasteiger partial charge < -0.3 is 0 Å². The van der Waals surface area contributed by atoms with Gasteiger partial charge in [0.15, 0.2) is 5.40 Å². The normalized spacial score (nSPS) is 20.3. The zero-order valence-electron chi connectivity index (χ0n) is 32.6. The molecule has 0 amide bonds. The maximum atomic E-state index is 2.91. The Balaban J connectivity index is 2.60. The van der Waals surface area contributed by atoms with E-state index in [0.29, 0.717) is 5.40 Å². The Hall–Kier alpha value is -0.960. The summed E-state index contributed by atoms with van der Waals surface area (Å²) in [6.07, 6.45) is 1.25. The Kier molecular flexibility index (Phi) is 10.2. The molecule has 3 rings (SSSR count). The van der Waals surface area contributed by atoms with Gasteiger partial charge in [-0.15, -0.1) is 0 Å². The van der Waals surface area contributed by atoms with Crippen molar-refractivity contribution in [3.8, 4) is 0 Å². The van der Waals surface area contributed by atoms with Gasteiger partial charge in [0.05, 0.1) is 0 Å². The van der Waals surface area contributed by atoms with Gasteiger partial charge in [-0.1, -0.05) is 156 Å². The number of rotatable bonds is 4. The largest absolute Gasteiger partial charge is 0.171 e. The number of hydrogen-bond donors (Lipinski definition) is 0. The molecule has 4 atom stereocenters. The maximum Gasteiger partial charge on any atom is 0.171 e. The van der Waals surface area contributed by atoms with Gasteiger partial charge in [-0.2, -0.15) is 0 Å². The van der Waals surface area contributed by atoms with Crippen LogP contribution in [0.5, 0.6) is 0 Å². The highest BCUT2D eigenvalue weighted by Crippen LogP contribution is 2.76. The van der Waals surface area contributed by atoms with Gasteiger partial charge >= 0.3 is 0 Å². The van der Waals surface area contributed by atoms with Crippen LogP contribution < -0.4 is 5.30 Å². The summed E-state index contributed by atoms with van der Waals surface area (Å²) in [6.45, 7) is 48.7. The van der Waals surface area contributed by atoms with Crippen molar-refractivity contribution in [3.63, 3.8) is 0 Å². The van der Waals surface area contributed by atoms with Crippen molar-refractivity contribution in [2.45, 2.75) is 188 Å². The smallest absolute Gasteiger partial charge is 0.0612 e. The van der Waals surface area contributed by atoms with Crippen molar-refractivity contribution in [1.82, 2.24) is 0 Å². The van der Waals surface area contributed by atoms with Gasteiger partial charge in [-0.3, -0.25) is 0 Å². The molecule has 2 heteroatoms. The summed E-state index contributed by atoms with van der Waals surface area (Å²) in [5, 5.41) is 2.29. The van der Waals surface area contributed by atoms with E-state index in [0.717, 1.165) is 5.66 Å². The van der Waals surface area contributed by atoms with Crippen LogP contribution in [0.25, 0.3) is 0 Å². The quantitative estimate of drug-likeness (QED) is 0.293. The van der Waals surface area contributed by atoms with Crippen LogP contribution in [-0.4, -0.2) is 11.2 Å². The highest BCUT2D eigenvalue weighted by atomic mass is 31.2. The van der Waals surface area contributed by atoms with Crippen LogP contribution in [0.1, 0.15) is 189 Å². The van der Waals surface area contributed by atoms with Crippen molar-refractivity contribution in [2.24, 2.45) is 0 Å². The molecule has 1 aliphatic rings. The van der Waals surface area contributed by atoms with Crippen LogP contribution in [0.3, 0.4) is 0 Å². The molecule has 1 heterocycles. The first-order valence-electron chi connectivity index (χ1n) is 17.3. The molecule has 0 saturated heterocycles. The van der Waals surface area contributed by atoms with E-state index >= 15 is 0 Å². The summed E-state index contributed by atoms with van der Waals surface area (Å²) in [7, 11) is -0.738. The van der Waals surface area contributed by atoms with Gasteiger partial charge in [-0.25, -0.2) is 0 Å². The fraction of sp³-hybridized carbons (Fsp3) is 0.690. The molecule has 2 aromatic rings. The van der Waals surface area contributed by atoms with E-state index < -0.39 is 7.92 Å². The predicted molar refractivity (Wildman–Crippen MR) is 207 cm³/mol. The van der Waals surface area contributed by atoms with E-state index in [4.69, 9.17) is 0 Å². The van der Waals surface area contributed by atoms with Crippen LogP contribution in [0.4, 0.5) is 0 Å². The lowest BCUT2D eigenvalue weighted by atomic mass is 9.72. The number of hydrogen-bond acceptors (Lipinski definition) is 0. The average Bonchev–Trinajstić information content (AvgIpc) is 2.79. The second-order valence-corrected chi connectivity index (χ2v) is 25.4. The molecule has 0 fully saturated rings. The highest BCUT2D eigenvalue weighted by molar-refractivity contribution is 8.04. The summed E-state index contributed by atoms with van der Waals surface area (Å²) >= 11 is 0. The maximum absolute atomic E-state index is 2.91. The standard InChI is InChI=1S/C42H69P2/c1-21-27(2)43-26-44(35-32(41(15,16)17)24-29(38(6,7)8)25-33(35)42(18,19)20)36(43)34-30(39(9,10)11)22-28(37(3,4)5)23-31(34)40(12,13)14/h22-27,36H,21H2,1-20H3/q+1. The van der Waals surface area contributed by atoms with Crippen molar-refractivity contribution >= 4 is 26.3 Å². The minimum atomic E-state index is -0.489. The highest BCUT2D eigenvalue weighted by Gasteiger charge is 2.53. The van der Waals surface area contributed by atoms with E-state index in [1.807, 2.05) is 0 Å². The molecule has 44 heavy (non-hydrogen) atoms. The summed E-state index contributed by atoms with van der Waals surface area (Å²) in [6, 6.07) is 10.5. The van der Waals surface area contributed by atoms with Crippen LogP contribution in [-0.2, 0) is 32.5 Å². The average molecular weight is 636 g/mol. The lowest BCUT2D eigenvalue weighted by Crippen LogP contribution is -2.35. The van der Waals surface area contributed by atoms with Crippen LogP contribution in [0.15, 0.2) is 24.3 Å². The molecule has 0 saturated carbocycles. The molecule has 0 aliphatic carbocycles. The summed E-state index contributed by atoms with van der Waals surface area (Å²) in [5.74, 6) is 0. The fourth-order valence-electron chi connectivity index (χ4n) is 6.47. The van der Waals surface area contributed by atoms with Gasteiger partial charge in [0.25, 0.3) is 0 Å². The molecule has 246 valence electrons. The van der Waals surface area contributed by atoms with Crippen LogP contribution in [0, 0.1) is 0 Å². The third kappa shape index (κ3) is 7.60. The molecule has 1 aliphatic heterocycles. The van der Waals surface area contributed by atoms with E-state index in [9.17, 15) is 0 Å².